The zero-order valence-corrected chi connectivity index (χ0v) is 13.4. The van der Waals surface area contributed by atoms with Crippen LogP contribution in [0.4, 0.5) is 5.69 Å². The van der Waals surface area contributed by atoms with Gasteiger partial charge in [0.1, 0.15) is 12.1 Å². The van der Waals surface area contributed by atoms with Gasteiger partial charge in [-0.3, -0.25) is 0 Å². The van der Waals surface area contributed by atoms with Crippen LogP contribution in [-0.2, 0) is 4.74 Å². The number of benzene rings is 1. The van der Waals surface area contributed by atoms with Crippen molar-refractivity contribution in [3.05, 3.63) is 29.8 Å². The molecule has 5 heteroatoms. The predicted molar refractivity (Wildman–Crippen MR) is 76.9 cm³/mol. The van der Waals surface area contributed by atoms with Crippen molar-refractivity contribution >= 4 is 11.7 Å². The minimum absolute atomic E-state index is 0. The van der Waals surface area contributed by atoms with Crippen LogP contribution in [0.2, 0.25) is 0 Å². The number of esters is 1. The zero-order valence-electron chi connectivity index (χ0n) is 12.7. The van der Waals surface area contributed by atoms with Gasteiger partial charge in [-0.25, -0.2) is 4.79 Å². The summed E-state index contributed by atoms with van der Waals surface area (Å²) in [4.78, 5) is 11.9. The summed E-state index contributed by atoms with van der Waals surface area (Å²) >= 11 is 0. The fourth-order valence-electron chi connectivity index (χ4n) is 1.89. The lowest BCUT2D eigenvalue weighted by Gasteiger charge is -2.25. The van der Waals surface area contributed by atoms with Gasteiger partial charge in [0.25, 0.3) is 0 Å². The minimum Gasteiger partial charge on any atom is -1.00 e. The monoisotopic (exact) mass is 300 g/mol. The molecule has 0 bridgehead atoms. The van der Waals surface area contributed by atoms with Crippen molar-refractivity contribution in [3.8, 4) is 0 Å². The summed E-state index contributed by atoms with van der Waals surface area (Å²) in [6.45, 7) is 8.87. The Labute approximate surface area is 127 Å². The summed E-state index contributed by atoms with van der Waals surface area (Å²) in [5.74, 6) is -0.300. The molecule has 0 aliphatic carbocycles. The Kier molecular flexibility index (Phi) is 7.61. The number of halogens is 1. The zero-order chi connectivity index (χ0) is 14.5. The van der Waals surface area contributed by atoms with Crippen LogP contribution < -0.4 is 23.5 Å². The highest BCUT2D eigenvalue weighted by molar-refractivity contribution is 5.89. The van der Waals surface area contributed by atoms with Crippen LogP contribution in [0.3, 0.4) is 0 Å². The van der Waals surface area contributed by atoms with Crippen molar-refractivity contribution in [1.29, 1.82) is 0 Å². The first-order valence-corrected chi connectivity index (χ1v) is 6.73. The van der Waals surface area contributed by atoms with Gasteiger partial charge in [0, 0.05) is 5.69 Å². The molecule has 1 unspecified atom stereocenters. The Balaban J connectivity index is 0.00000361. The van der Waals surface area contributed by atoms with Gasteiger partial charge in [-0.2, -0.15) is 0 Å². The number of anilines is 1. The molecule has 1 aromatic carbocycles. The summed E-state index contributed by atoms with van der Waals surface area (Å²) in [6, 6.07) is 7.29. The van der Waals surface area contributed by atoms with Crippen LogP contribution in [0.25, 0.3) is 0 Å². The molecule has 4 N–H and O–H groups in total. The van der Waals surface area contributed by atoms with E-state index in [9.17, 15) is 4.79 Å². The van der Waals surface area contributed by atoms with Crippen molar-refractivity contribution < 1.29 is 27.3 Å². The van der Waals surface area contributed by atoms with Gasteiger partial charge in [-0.05, 0) is 51.5 Å². The number of quaternary nitrogens is 1. The molecule has 0 radical (unpaired) electrons. The van der Waals surface area contributed by atoms with Gasteiger partial charge < -0.3 is 28.2 Å². The second kappa shape index (κ2) is 8.12. The highest BCUT2D eigenvalue weighted by Crippen LogP contribution is 2.08. The van der Waals surface area contributed by atoms with E-state index in [4.69, 9.17) is 10.5 Å². The molecule has 1 aromatic rings. The molecule has 1 atom stereocenters. The first-order chi connectivity index (χ1) is 8.84. The van der Waals surface area contributed by atoms with Crippen molar-refractivity contribution in [1.82, 2.24) is 0 Å². The van der Waals surface area contributed by atoms with Crippen LogP contribution in [-0.4, -0.2) is 24.2 Å². The van der Waals surface area contributed by atoms with E-state index in [0.29, 0.717) is 23.9 Å². The van der Waals surface area contributed by atoms with E-state index in [1.807, 2.05) is 0 Å². The largest absolute Gasteiger partial charge is 1.00 e. The topological polar surface area (TPSA) is 68.9 Å². The number of hydrogen-bond acceptors (Lipinski definition) is 3. The lowest BCUT2D eigenvalue weighted by Crippen LogP contribution is -3.00. The van der Waals surface area contributed by atoms with Crippen LogP contribution in [0.5, 0.6) is 0 Å². The second-order valence-corrected chi connectivity index (χ2v) is 5.74. The van der Waals surface area contributed by atoms with Gasteiger partial charge in [0.2, 0.25) is 0 Å². The summed E-state index contributed by atoms with van der Waals surface area (Å²) in [7, 11) is 0. The van der Waals surface area contributed by atoms with Crippen LogP contribution in [0.1, 0.15) is 44.5 Å². The number of rotatable bonds is 6. The summed E-state index contributed by atoms with van der Waals surface area (Å²) in [5.41, 5.74) is 6.65. The van der Waals surface area contributed by atoms with Crippen molar-refractivity contribution in [3.63, 3.8) is 0 Å². The first-order valence-electron chi connectivity index (χ1n) is 6.73. The summed E-state index contributed by atoms with van der Waals surface area (Å²) in [6.07, 6.45) is 1.09. The second-order valence-electron chi connectivity index (χ2n) is 5.74. The molecule has 0 saturated carbocycles. The summed E-state index contributed by atoms with van der Waals surface area (Å²) in [5, 5.41) is 2.24. The van der Waals surface area contributed by atoms with Crippen LogP contribution in [0, 0.1) is 0 Å². The predicted octanol–water partition coefficient (Wildman–Crippen LogP) is -1.43. The average molecular weight is 301 g/mol. The number of carbonyl (C=O) groups is 1. The van der Waals surface area contributed by atoms with Crippen LogP contribution in [0.15, 0.2) is 24.3 Å². The lowest BCUT2D eigenvalue weighted by molar-refractivity contribution is -0.749. The van der Waals surface area contributed by atoms with E-state index in [1.165, 1.54) is 0 Å². The number of ether oxygens (including phenoxy) is 1. The van der Waals surface area contributed by atoms with Crippen molar-refractivity contribution in [2.24, 2.45) is 0 Å². The van der Waals surface area contributed by atoms with Gasteiger partial charge in [-0.1, -0.05) is 6.92 Å². The standard InChI is InChI=1S/C15H24N2O2.ClH/c1-5-11(2)17-15(3,4)10-19-14(18)12-6-8-13(16)9-7-12;/h6-9,11,17H,5,10,16H2,1-4H3;1H. The Bertz CT molecular complexity index is 418. The Hall–Kier alpha value is -1.26. The quantitative estimate of drug-likeness (QED) is 0.500. The van der Waals surface area contributed by atoms with E-state index in [-0.39, 0.29) is 23.9 Å². The number of nitrogens with two attached hydrogens (primary N) is 2. The van der Waals surface area contributed by atoms with Gasteiger partial charge >= 0.3 is 5.97 Å². The SMILES string of the molecule is CCC(C)[NH2+]C(C)(C)COC(=O)c1ccc(N)cc1.[Cl-]. The smallest absolute Gasteiger partial charge is 0.338 e. The third-order valence-corrected chi connectivity index (χ3v) is 3.10. The molecule has 0 heterocycles. The molecule has 0 saturated heterocycles. The number of hydrogen-bond donors (Lipinski definition) is 2. The Morgan fingerprint density at radius 3 is 2.40 bits per heavy atom. The maximum Gasteiger partial charge on any atom is 0.338 e. The summed E-state index contributed by atoms with van der Waals surface area (Å²) < 4.78 is 5.37. The molecule has 1 rings (SSSR count). The normalized spacial score (nSPS) is 12.4. The fraction of sp³-hybridized carbons (Fsp3) is 0.533. The van der Waals surface area contributed by atoms with E-state index in [2.05, 4.69) is 33.0 Å². The van der Waals surface area contributed by atoms with Gasteiger partial charge in [0.15, 0.2) is 0 Å². The molecule has 0 aliphatic heterocycles. The molecule has 0 fully saturated rings. The van der Waals surface area contributed by atoms with Crippen LogP contribution >= 0.6 is 0 Å². The molecule has 0 aliphatic rings. The molecule has 4 nitrogen and oxygen atoms in total. The Morgan fingerprint density at radius 2 is 1.90 bits per heavy atom. The molecule has 0 spiro atoms. The average Bonchev–Trinajstić information content (AvgIpc) is 2.36. The highest BCUT2D eigenvalue weighted by Gasteiger charge is 2.26. The van der Waals surface area contributed by atoms with E-state index in [0.717, 1.165) is 6.42 Å². The highest BCUT2D eigenvalue weighted by atomic mass is 35.5. The fourth-order valence-corrected chi connectivity index (χ4v) is 1.89. The molecule has 114 valence electrons. The maximum atomic E-state index is 11.9. The minimum atomic E-state index is -0.300. The van der Waals surface area contributed by atoms with Gasteiger partial charge in [-0.15, -0.1) is 0 Å². The van der Waals surface area contributed by atoms with E-state index in [1.54, 1.807) is 24.3 Å². The van der Waals surface area contributed by atoms with Crippen molar-refractivity contribution in [2.75, 3.05) is 12.3 Å². The third-order valence-electron chi connectivity index (χ3n) is 3.10. The first kappa shape index (κ1) is 18.7. The van der Waals surface area contributed by atoms with Crippen molar-refractivity contribution in [2.45, 2.75) is 45.7 Å². The lowest BCUT2D eigenvalue weighted by atomic mass is 10.0. The number of nitrogen functional groups attached to an aromatic ring is 1. The molecule has 0 amide bonds. The Morgan fingerprint density at radius 1 is 1.35 bits per heavy atom. The third kappa shape index (κ3) is 6.26. The van der Waals surface area contributed by atoms with E-state index < -0.39 is 0 Å². The maximum absolute atomic E-state index is 11.9. The van der Waals surface area contributed by atoms with Gasteiger partial charge in [0.05, 0.1) is 11.6 Å². The molecular formula is C15H25ClN2O2. The molecule has 0 aromatic heterocycles. The number of carbonyl (C=O) groups excluding carboxylic acids is 1. The molecule has 20 heavy (non-hydrogen) atoms. The molecular weight excluding hydrogens is 276 g/mol. The van der Waals surface area contributed by atoms with E-state index >= 15 is 0 Å².